The smallest absolute Gasteiger partial charge is 0.132 e. The SMILES string of the molecule is CCCCC(=O)CCCCCOC12CC3CC(C1)CC(OCCCCCC(=O)CCCC)(C3)C2. The second kappa shape index (κ2) is 14.1. The van der Waals surface area contributed by atoms with E-state index in [-0.39, 0.29) is 11.2 Å². The predicted molar refractivity (Wildman–Crippen MR) is 138 cm³/mol. The van der Waals surface area contributed by atoms with E-state index < -0.39 is 0 Å². The summed E-state index contributed by atoms with van der Waals surface area (Å²) in [5.74, 6) is 2.42. The molecule has 4 fully saturated rings. The van der Waals surface area contributed by atoms with Gasteiger partial charge in [-0.15, -0.1) is 0 Å². The van der Waals surface area contributed by atoms with Crippen molar-refractivity contribution in [1.82, 2.24) is 0 Å². The third-order valence-corrected chi connectivity index (χ3v) is 8.59. The van der Waals surface area contributed by atoms with Crippen LogP contribution in [0.1, 0.15) is 142 Å². The molecule has 0 unspecified atom stereocenters. The summed E-state index contributed by atoms with van der Waals surface area (Å²) in [5, 5.41) is 0. The summed E-state index contributed by atoms with van der Waals surface area (Å²) in [6, 6.07) is 0. The topological polar surface area (TPSA) is 52.6 Å². The molecule has 0 N–H and O–H groups in total. The molecular formula is C30H52O4. The maximum absolute atomic E-state index is 11.9. The van der Waals surface area contributed by atoms with Gasteiger partial charge in [-0.05, 0) is 82.5 Å². The van der Waals surface area contributed by atoms with Crippen LogP contribution in [0.3, 0.4) is 0 Å². The summed E-state index contributed by atoms with van der Waals surface area (Å²) in [6.07, 6.45) is 21.0. The quantitative estimate of drug-likeness (QED) is 0.169. The van der Waals surface area contributed by atoms with E-state index in [2.05, 4.69) is 13.8 Å². The zero-order chi connectivity index (χ0) is 24.3. The molecule has 4 aliphatic rings. The summed E-state index contributed by atoms with van der Waals surface area (Å²) < 4.78 is 13.3. The largest absolute Gasteiger partial charge is 0.375 e. The highest BCUT2D eigenvalue weighted by Crippen LogP contribution is 2.60. The fourth-order valence-corrected chi connectivity index (χ4v) is 7.21. The minimum absolute atomic E-state index is 0.0483. The molecule has 0 aliphatic heterocycles. The first kappa shape index (κ1) is 27.8. The van der Waals surface area contributed by atoms with Crippen molar-refractivity contribution < 1.29 is 19.1 Å². The van der Waals surface area contributed by atoms with Crippen molar-refractivity contribution in [2.75, 3.05) is 13.2 Å². The number of unbranched alkanes of at least 4 members (excludes halogenated alkanes) is 6. The van der Waals surface area contributed by atoms with Crippen molar-refractivity contribution in [1.29, 1.82) is 0 Å². The Labute approximate surface area is 209 Å². The van der Waals surface area contributed by atoms with Gasteiger partial charge in [0.1, 0.15) is 11.6 Å². The van der Waals surface area contributed by atoms with Gasteiger partial charge >= 0.3 is 0 Å². The lowest BCUT2D eigenvalue weighted by molar-refractivity contribution is -0.237. The van der Waals surface area contributed by atoms with Gasteiger partial charge in [-0.1, -0.05) is 39.5 Å². The average Bonchev–Trinajstić information content (AvgIpc) is 2.79. The Bertz CT molecular complexity index is 563. The molecule has 196 valence electrons. The van der Waals surface area contributed by atoms with Crippen molar-refractivity contribution >= 4 is 11.6 Å². The minimum Gasteiger partial charge on any atom is -0.375 e. The molecule has 0 aromatic heterocycles. The number of carbonyl (C=O) groups is 2. The van der Waals surface area contributed by atoms with Crippen LogP contribution < -0.4 is 0 Å². The van der Waals surface area contributed by atoms with Gasteiger partial charge in [0.15, 0.2) is 0 Å². The number of Topliss-reactive ketones (excluding diaryl/α,β-unsaturated/α-hetero) is 2. The Morgan fingerprint density at radius 2 is 1.03 bits per heavy atom. The Hall–Kier alpha value is -0.740. The summed E-state index contributed by atoms with van der Waals surface area (Å²) in [5.41, 5.74) is 0.0967. The molecule has 4 heteroatoms. The molecule has 4 saturated carbocycles. The van der Waals surface area contributed by atoms with Gasteiger partial charge in [0.2, 0.25) is 0 Å². The van der Waals surface area contributed by atoms with Crippen LogP contribution in [0, 0.1) is 11.8 Å². The van der Waals surface area contributed by atoms with Gasteiger partial charge in [-0.25, -0.2) is 0 Å². The molecule has 0 radical (unpaired) electrons. The molecule has 4 aliphatic carbocycles. The lowest BCUT2D eigenvalue weighted by Gasteiger charge is -2.61. The van der Waals surface area contributed by atoms with Crippen molar-refractivity contribution in [2.45, 2.75) is 153 Å². The molecule has 0 atom stereocenters. The Morgan fingerprint density at radius 1 is 0.618 bits per heavy atom. The zero-order valence-corrected chi connectivity index (χ0v) is 22.3. The van der Waals surface area contributed by atoms with Crippen LogP contribution in [0.5, 0.6) is 0 Å². The van der Waals surface area contributed by atoms with Crippen LogP contribution in [0.2, 0.25) is 0 Å². The van der Waals surface area contributed by atoms with Crippen LogP contribution in [-0.2, 0) is 19.1 Å². The van der Waals surface area contributed by atoms with E-state index in [0.29, 0.717) is 11.6 Å². The first-order chi connectivity index (χ1) is 16.5. The lowest BCUT2D eigenvalue weighted by Crippen LogP contribution is -2.61. The normalized spacial score (nSPS) is 29.6. The third kappa shape index (κ3) is 8.73. The van der Waals surface area contributed by atoms with Gasteiger partial charge in [0, 0.05) is 45.3 Å². The zero-order valence-electron chi connectivity index (χ0n) is 22.3. The average molecular weight is 477 g/mol. The monoisotopic (exact) mass is 476 g/mol. The summed E-state index contributed by atoms with van der Waals surface area (Å²) in [7, 11) is 0. The van der Waals surface area contributed by atoms with Crippen LogP contribution in [0.4, 0.5) is 0 Å². The molecular weight excluding hydrogens is 424 g/mol. The number of carbonyl (C=O) groups excluding carboxylic acids is 2. The van der Waals surface area contributed by atoms with Gasteiger partial charge in [0.25, 0.3) is 0 Å². The Balaban J connectivity index is 1.33. The number of ketones is 2. The van der Waals surface area contributed by atoms with E-state index in [9.17, 15) is 9.59 Å². The molecule has 4 nitrogen and oxygen atoms in total. The maximum Gasteiger partial charge on any atom is 0.132 e. The molecule has 34 heavy (non-hydrogen) atoms. The molecule has 0 aromatic rings. The van der Waals surface area contributed by atoms with E-state index in [1.807, 2.05) is 0 Å². The summed E-state index contributed by atoms with van der Waals surface area (Å²) in [4.78, 5) is 23.7. The second-order valence-electron chi connectivity index (χ2n) is 11.9. The Morgan fingerprint density at radius 3 is 1.44 bits per heavy atom. The first-order valence-corrected chi connectivity index (χ1v) is 14.8. The standard InChI is InChI=1S/C30H52O4/c1-3-5-13-27(31)15-9-7-11-17-33-29-20-25-19-26(21-29)23-30(22-25,24-29)34-18-12-8-10-16-28(32)14-6-4-2/h25-26H,3-24H2,1-2H3. The van der Waals surface area contributed by atoms with Crippen LogP contribution in [0.15, 0.2) is 0 Å². The number of ether oxygens (including phenoxy) is 2. The van der Waals surface area contributed by atoms with Crippen LogP contribution >= 0.6 is 0 Å². The van der Waals surface area contributed by atoms with E-state index in [0.717, 1.165) is 121 Å². The van der Waals surface area contributed by atoms with Crippen molar-refractivity contribution in [3.8, 4) is 0 Å². The highest BCUT2D eigenvalue weighted by Gasteiger charge is 2.59. The van der Waals surface area contributed by atoms with E-state index in [1.165, 1.54) is 32.1 Å². The van der Waals surface area contributed by atoms with Crippen molar-refractivity contribution in [3.05, 3.63) is 0 Å². The van der Waals surface area contributed by atoms with Gasteiger partial charge in [-0.2, -0.15) is 0 Å². The predicted octanol–water partition coefficient (Wildman–Crippen LogP) is 7.75. The Kier molecular flexibility index (Phi) is 11.6. The van der Waals surface area contributed by atoms with Crippen LogP contribution in [-0.4, -0.2) is 36.0 Å². The summed E-state index contributed by atoms with van der Waals surface area (Å²) >= 11 is 0. The van der Waals surface area contributed by atoms with E-state index in [4.69, 9.17) is 9.47 Å². The lowest BCUT2D eigenvalue weighted by atomic mass is 9.52. The summed E-state index contributed by atoms with van der Waals surface area (Å²) in [6.45, 7) is 5.96. The number of hydrogen-bond donors (Lipinski definition) is 0. The van der Waals surface area contributed by atoms with Crippen LogP contribution in [0.25, 0.3) is 0 Å². The van der Waals surface area contributed by atoms with Gasteiger partial charge in [-0.3, -0.25) is 9.59 Å². The first-order valence-electron chi connectivity index (χ1n) is 14.8. The highest BCUT2D eigenvalue weighted by molar-refractivity contribution is 5.78. The van der Waals surface area contributed by atoms with Crippen molar-refractivity contribution in [2.24, 2.45) is 11.8 Å². The molecule has 0 amide bonds. The molecule has 4 bridgehead atoms. The number of hydrogen-bond acceptors (Lipinski definition) is 4. The minimum atomic E-state index is 0.0483. The third-order valence-electron chi connectivity index (χ3n) is 8.59. The van der Waals surface area contributed by atoms with E-state index >= 15 is 0 Å². The van der Waals surface area contributed by atoms with Gasteiger partial charge < -0.3 is 9.47 Å². The molecule has 4 rings (SSSR count). The van der Waals surface area contributed by atoms with E-state index in [1.54, 1.807) is 0 Å². The molecule has 0 heterocycles. The highest BCUT2D eigenvalue weighted by atomic mass is 16.5. The second-order valence-corrected chi connectivity index (χ2v) is 11.9. The molecule has 0 spiro atoms. The fourth-order valence-electron chi connectivity index (χ4n) is 7.21. The van der Waals surface area contributed by atoms with Gasteiger partial charge in [0.05, 0.1) is 11.2 Å². The fraction of sp³-hybridized carbons (Fsp3) is 0.933. The number of rotatable bonds is 20. The maximum atomic E-state index is 11.9. The molecule has 0 aromatic carbocycles. The molecule has 0 saturated heterocycles. The van der Waals surface area contributed by atoms with Crippen molar-refractivity contribution in [3.63, 3.8) is 0 Å².